The smallest absolute Gasteiger partial charge is 0.258 e. The second-order valence-corrected chi connectivity index (χ2v) is 5.46. The van der Waals surface area contributed by atoms with E-state index in [-0.39, 0.29) is 24.4 Å². The number of hydrogen-bond donors (Lipinski definition) is 2. The summed E-state index contributed by atoms with van der Waals surface area (Å²) >= 11 is 0. The fourth-order valence-corrected chi connectivity index (χ4v) is 1.87. The molecule has 1 aliphatic carbocycles. The third-order valence-corrected chi connectivity index (χ3v) is 2.92. The number of carbonyl (C=O) groups is 1. The number of halogens is 1. The SMILES string of the molecule is CC(C)NC(=O)COc1cc(F)cc(CNC2CC2)c1. The van der Waals surface area contributed by atoms with Gasteiger partial charge in [-0.25, -0.2) is 4.39 Å². The van der Waals surface area contributed by atoms with Crippen LogP contribution in [0.1, 0.15) is 32.3 Å². The molecule has 0 spiro atoms. The highest BCUT2D eigenvalue weighted by Gasteiger charge is 2.20. The molecule has 0 atom stereocenters. The fourth-order valence-electron chi connectivity index (χ4n) is 1.87. The number of rotatable bonds is 7. The van der Waals surface area contributed by atoms with E-state index in [1.807, 2.05) is 13.8 Å². The summed E-state index contributed by atoms with van der Waals surface area (Å²) in [5, 5.41) is 6.04. The highest BCUT2D eigenvalue weighted by atomic mass is 19.1. The quantitative estimate of drug-likeness (QED) is 0.803. The van der Waals surface area contributed by atoms with Gasteiger partial charge in [0, 0.05) is 24.7 Å². The van der Waals surface area contributed by atoms with Crippen LogP contribution in [0.2, 0.25) is 0 Å². The minimum absolute atomic E-state index is 0.0666. The van der Waals surface area contributed by atoms with Gasteiger partial charge >= 0.3 is 0 Å². The van der Waals surface area contributed by atoms with E-state index in [0.717, 1.165) is 5.56 Å². The maximum absolute atomic E-state index is 13.5. The Hall–Kier alpha value is -1.62. The van der Waals surface area contributed by atoms with Gasteiger partial charge < -0.3 is 15.4 Å². The first-order valence-corrected chi connectivity index (χ1v) is 6.98. The topological polar surface area (TPSA) is 50.4 Å². The molecule has 0 unspecified atom stereocenters. The lowest BCUT2D eigenvalue weighted by Crippen LogP contribution is -2.34. The average molecular weight is 280 g/mol. The van der Waals surface area contributed by atoms with Crippen molar-refractivity contribution < 1.29 is 13.9 Å². The fraction of sp³-hybridized carbons (Fsp3) is 0.533. The molecular formula is C15H21FN2O2. The number of nitrogens with one attached hydrogen (secondary N) is 2. The van der Waals surface area contributed by atoms with Crippen molar-refractivity contribution >= 4 is 5.91 Å². The molecule has 1 fully saturated rings. The van der Waals surface area contributed by atoms with Crippen molar-refractivity contribution in [2.45, 2.75) is 45.3 Å². The molecular weight excluding hydrogens is 259 g/mol. The van der Waals surface area contributed by atoms with Gasteiger partial charge in [0.15, 0.2) is 6.61 Å². The molecule has 1 aromatic rings. The van der Waals surface area contributed by atoms with Crippen molar-refractivity contribution in [3.8, 4) is 5.75 Å². The van der Waals surface area contributed by atoms with Crippen LogP contribution in [-0.4, -0.2) is 24.6 Å². The molecule has 5 heteroatoms. The summed E-state index contributed by atoms with van der Waals surface area (Å²) in [5.74, 6) is -0.169. The summed E-state index contributed by atoms with van der Waals surface area (Å²) in [6.07, 6.45) is 2.38. The molecule has 0 bridgehead atoms. The number of amides is 1. The summed E-state index contributed by atoms with van der Waals surface area (Å²) in [5.41, 5.74) is 0.830. The first-order chi connectivity index (χ1) is 9.52. The van der Waals surface area contributed by atoms with Gasteiger partial charge in [0.1, 0.15) is 11.6 Å². The molecule has 1 saturated carbocycles. The van der Waals surface area contributed by atoms with Gasteiger partial charge in [0.05, 0.1) is 0 Å². The van der Waals surface area contributed by atoms with Crippen LogP contribution >= 0.6 is 0 Å². The summed E-state index contributed by atoms with van der Waals surface area (Å²) in [6.45, 7) is 4.28. The van der Waals surface area contributed by atoms with Gasteiger partial charge in [-0.15, -0.1) is 0 Å². The Kier molecular flexibility index (Phi) is 4.95. The zero-order valence-electron chi connectivity index (χ0n) is 11.9. The lowest BCUT2D eigenvalue weighted by molar-refractivity contribution is -0.123. The molecule has 2 N–H and O–H groups in total. The van der Waals surface area contributed by atoms with Gasteiger partial charge in [-0.3, -0.25) is 4.79 Å². The Morgan fingerprint density at radius 3 is 2.80 bits per heavy atom. The van der Waals surface area contributed by atoms with Crippen LogP contribution in [0.15, 0.2) is 18.2 Å². The minimum Gasteiger partial charge on any atom is -0.484 e. The molecule has 1 amide bonds. The minimum atomic E-state index is -0.348. The van der Waals surface area contributed by atoms with E-state index < -0.39 is 0 Å². The Bertz CT molecular complexity index is 473. The molecule has 1 aliphatic rings. The van der Waals surface area contributed by atoms with Gasteiger partial charge in [-0.2, -0.15) is 0 Å². The first-order valence-electron chi connectivity index (χ1n) is 6.98. The zero-order valence-corrected chi connectivity index (χ0v) is 11.9. The highest BCUT2D eigenvalue weighted by Crippen LogP contribution is 2.21. The maximum Gasteiger partial charge on any atom is 0.258 e. The van der Waals surface area contributed by atoms with Crippen LogP contribution in [0, 0.1) is 5.82 Å². The highest BCUT2D eigenvalue weighted by molar-refractivity contribution is 5.77. The third-order valence-electron chi connectivity index (χ3n) is 2.92. The van der Waals surface area contributed by atoms with E-state index >= 15 is 0 Å². The molecule has 20 heavy (non-hydrogen) atoms. The van der Waals surface area contributed by atoms with Crippen molar-refractivity contribution in [1.82, 2.24) is 10.6 Å². The van der Waals surface area contributed by atoms with Crippen LogP contribution in [0.4, 0.5) is 4.39 Å². The molecule has 0 saturated heterocycles. The number of carbonyl (C=O) groups excluding carboxylic acids is 1. The van der Waals surface area contributed by atoms with Crippen LogP contribution in [0.3, 0.4) is 0 Å². The summed E-state index contributed by atoms with van der Waals surface area (Å²) < 4.78 is 18.8. The van der Waals surface area contributed by atoms with Gasteiger partial charge in [-0.1, -0.05) is 0 Å². The molecule has 0 radical (unpaired) electrons. The van der Waals surface area contributed by atoms with E-state index in [9.17, 15) is 9.18 Å². The lowest BCUT2D eigenvalue weighted by Gasteiger charge is -2.11. The molecule has 0 heterocycles. The Balaban J connectivity index is 1.87. The lowest BCUT2D eigenvalue weighted by atomic mass is 10.2. The van der Waals surface area contributed by atoms with E-state index in [4.69, 9.17) is 4.74 Å². The molecule has 110 valence electrons. The van der Waals surface area contributed by atoms with E-state index in [1.165, 1.54) is 25.0 Å². The van der Waals surface area contributed by atoms with Crippen LogP contribution in [0.5, 0.6) is 5.75 Å². The summed E-state index contributed by atoms with van der Waals surface area (Å²) in [4.78, 5) is 11.5. The van der Waals surface area contributed by atoms with Crippen molar-refractivity contribution in [2.24, 2.45) is 0 Å². The Morgan fingerprint density at radius 1 is 1.40 bits per heavy atom. The largest absolute Gasteiger partial charge is 0.484 e. The Morgan fingerprint density at radius 2 is 2.15 bits per heavy atom. The predicted octanol–water partition coefficient (Wildman–Crippen LogP) is 1.98. The molecule has 1 aromatic carbocycles. The van der Waals surface area contributed by atoms with E-state index in [0.29, 0.717) is 18.3 Å². The zero-order chi connectivity index (χ0) is 14.5. The number of hydrogen-bond acceptors (Lipinski definition) is 3. The molecule has 0 aromatic heterocycles. The normalized spacial score (nSPS) is 14.4. The predicted molar refractivity (Wildman–Crippen MR) is 75.0 cm³/mol. The standard InChI is InChI=1S/C15H21FN2O2/c1-10(2)18-15(19)9-20-14-6-11(5-12(16)7-14)8-17-13-3-4-13/h5-7,10,13,17H,3-4,8-9H2,1-2H3,(H,18,19). The maximum atomic E-state index is 13.5. The van der Waals surface area contributed by atoms with E-state index in [1.54, 1.807) is 6.07 Å². The average Bonchev–Trinajstić information content (AvgIpc) is 3.16. The van der Waals surface area contributed by atoms with Crippen molar-refractivity contribution in [3.05, 3.63) is 29.6 Å². The molecule has 0 aliphatic heterocycles. The van der Waals surface area contributed by atoms with Crippen LogP contribution in [0.25, 0.3) is 0 Å². The van der Waals surface area contributed by atoms with Crippen molar-refractivity contribution in [1.29, 1.82) is 0 Å². The summed E-state index contributed by atoms with van der Waals surface area (Å²) in [6, 6.07) is 5.18. The van der Waals surface area contributed by atoms with Gasteiger partial charge in [-0.05, 0) is 44.4 Å². The van der Waals surface area contributed by atoms with Crippen molar-refractivity contribution in [3.63, 3.8) is 0 Å². The first kappa shape index (κ1) is 14.8. The van der Waals surface area contributed by atoms with Crippen molar-refractivity contribution in [2.75, 3.05) is 6.61 Å². The monoisotopic (exact) mass is 280 g/mol. The molecule has 4 nitrogen and oxygen atoms in total. The number of benzene rings is 1. The van der Waals surface area contributed by atoms with Crippen LogP contribution < -0.4 is 15.4 Å². The van der Waals surface area contributed by atoms with Gasteiger partial charge in [0.25, 0.3) is 5.91 Å². The third kappa shape index (κ3) is 5.17. The Labute approximate surface area is 118 Å². The number of ether oxygens (including phenoxy) is 1. The van der Waals surface area contributed by atoms with Crippen LogP contribution in [-0.2, 0) is 11.3 Å². The summed E-state index contributed by atoms with van der Waals surface area (Å²) in [7, 11) is 0. The second-order valence-electron chi connectivity index (χ2n) is 5.46. The van der Waals surface area contributed by atoms with Gasteiger partial charge in [0.2, 0.25) is 0 Å². The second kappa shape index (κ2) is 6.70. The molecule has 2 rings (SSSR count). The van der Waals surface area contributed by atoms with E-state index in [2.05, 4.69) is 10.6 Å².